The highest BCUT2D eigenvalue weighted by Crippen LogP contribution is 2.29. The summed E-state index contributed by atoms with van der Waals surface area (Å²) >= 11 is 0. The van der Waals surface area contributed by atoms with Crippen LogP contribution in [-0.4, -0.2) is 36.6 Å². The van der Waals surface area contributed by atoms with Crippen molar-refractivity contribution in [1.82, 2.24) is 10.2 Å². The lowest BCUT2D eigenvalue weighted by atomic mass is 10.1. The Morgan fingerprint density at radius 2 is 1.88 bits per heavy atom. The van der Waals surface area contributed by atoms with E-state index in [4.69, 9.17) is 0 Å². The molecule has 0 radical (unpaired) electrons. The van der Waals surface area contributed by atoms with Crippen LogP contribution in [0.5, 0.6) is 0 Å². The van der Waals surface area contributed by atoms with Crippen molar-refractivity contribution in [3.8, 4) is 0 Å². The molecule has 1 atom stereocenters. The third-order valence-corrected chi connectivity index (χ3v) is 3.55. The van der Waals surface area contributed by atoms with Crippen LogP contribution in [0.15, 0.2) is 0 Å². The van der Waals surface area contributed by atoms with Crippen LogP contribution in [0, 0.1) is 5.92 Å². The predicted octanol–water partition coefficient (Wildman–Crippen LogP) is 3.28. The van der Waals surface area contributed by atoms with E-state index in [-0.39, 0.29) is 0 Å². The molecule has 1 aliphatic carbocycles. The summed E-state index contributed by atoms with van der Waals surface area (Å²) in [5.74, 6) is 0.790. The van der Waals surface area contributed by atoms with E-state index in [2.05, 4.69) is 37.9 Å². The average Bonchev–Trinajstić information content (AvgIpc) is 3.09. The van der Waals surface area contributed by atoms with Gasteiger partial charge in [-0.1, -0.05) is 33.6 Å². The summed E-state index contributed by atoms with van der Waals surface area (Å²) in [6, 6.07) is 1.59. The van der Waals surface area contributed by atoms with Crippen molar-refractivity contribution in [3.63, 3.8) is 0 Å². The minimum Gasteiger partial charge on any atom is -0.315 e. The van der Waals surface area contributed by atoms with Gasteiger partial charge in [0.2, 0.25) is 0 Å². The zero-order valence-electron chi connectivity index (χ0n) is 12.3. The molecule has 102 valence electrons. The first-order valence-corrected chi connectivity index (χ1v) is 7.61. The highest BCUT2D eigenvalue weighted by Gasteiger charge is 2.31. The molecule has 0 spiro atoms. The van der Waals surface area contributed by atoms with Crippen LogP contribution in [0.2, 0.25) is 0 Å². The lowest BCUT2D eigenvalue weighted by molar-refractivity contribution is 0.173. The van der Waals surface area contributed by atoms with Crippen molar-refractivity contribution < 1.29 is 0 Å². The molecule has 17 heavy (non-hydrogen) atoms. The molecule has 0 aromatic rings. The van der Waals surface area contributed by atoms with E-state index in [0.717, 1.165) is 18.5 Å². The molecule has 0 saturated heterocycles. The molecule has 0 aromatic heterocycles. The lowest BCUT2D eigenvalue weighted by Gasteiger charge is -2.31. The predicted molar refractivity (Wildman–Crippen MR) is 76.4 cm³/mol. The quantitative estimate of drug-likeness (QED) is 0.590. The van der Waals surface area contributed by atoms with Gasteiger partial charge in [0.25, 0.3) is 0 Å². The maximum atomic E-state index is 3.61. The Balaban J connectivity index is 2.16. The lowest BCUT2D eigenvalue weighted by Crippen LogP contribution is -2.43. The van der Waals surface area contributed by atoms with Crippen molar-refractivity contribution in [2.24, 2.45) is 5.92 Å². The van der Waals surface area contributed by atoms with Crippen LogP contribution in [-0.2, 0) is 0 Å². The van der Waals surface area contributed by atoms with Crippen LogP contribution >= 0.6 is 0 Å². The molecule has 2 nitrogen and oxygen atoms in total. The number of nitrogens with zero attached hydrogens (tertiary/aromatic N) is 1. The summed E-state index contributed by atoms with van der Waals surface area (Å²) < 4.78 is 0. The van der Waals surface area contributed by atoms with Gasteiger partial charge in [-0.2, -0.15) is 0 Å². The van der Waals surface area contributed by atoms with E-state index in [9.17, 15) is 0 Å². The normalized spacial score (nSPS) is 18.0. The fourth-order valence-corrected chi connectivity index (χ4v) is 2.44. The summed E-state index contributed by atoms with van der Waals surface area (Å²) in [5.41, 5.74) is 0. The Morgan fingerprint density at radius 1 is 1.18 bits per heavy atom. The van der Waals surface area contributed by atoms with Crippen LogP contribution < -0.4 is 5.32 Å². The van der Waals surface area contributed by atoms with E-state index in [1.54, 1.807) is 0 Å². The first kappa shape index (κ1) is 15.0. The van der Waals surface area contributed by atoms with Crippen LogP contribution in [0.1, 0.15) is 59.8 Å². The van der Waals surface area contributed by atoms with Crippen LogP contribution in [0.3, 0.4) is 0 Å². The molecular weight excluding hydrogens is 208 g/mol. The standard InChI is InChI=1S/C15H32N2/c1-5-6-7-10-16-11-14(4)17(12-13(2)3)15-8-9-15/h13-16H,5-12H2,1-4H3. The number of nitrogens with one attached hydrogen (secondary N) is 1. The van der Waals surface area contributed by atoms with Crippen molar-refractivity contribution in [2.45, 2.75) is 71.9 Å². The van der Waals surface area contributed by atoms with E-state index in [1.807, 2.05) is 0 Å². The largest absolute Gasteiger partial charge is 0.315 e. The Bertz CT molecular complexity index is 187. The van der Waals surface area contributed by atoms with E-state index < -0.39 is 0 Å². The minimum absolute atomic E-state index is 0.700. The van der Waals surface area contributed by atoms with Crippen LogP contribution in [0.25, 0.3) is 0 Å². The van der Waals surface area contributed by atoms with Gasteiger partial charge in [-0.15, -0.1) is 0 Å². The molecule has 1 N–H and O–H groups in total. The van der Waals surface area contributed by atoms with Crippen molar-refractivity contribution >= 4 is 0 Å². The van der Waals surface area contributed by atoms with E-state index >= 15 is 0 Å². The Labute approximate surface area is 108 Å². The second kappa shape index (κ2) is 8.10. The summed E-state index contributed by atoms with van der Waals surface area (Å²) in [5, 5.41) is 3.61. The third kappa shape index (κ3) is 6.42. The molecule has 0 bridgehead atoms. The van der Waals surface area contributed by atoms with Gasteiger partial charge in [-0.05, 0) is 38.6 Å². The zero-order chi connectivity index (χ0) is 12.7. The van der Waals surface area contributed by atoms with Gasteiger partial charge in [0.05, 0.1) is 0 Å². The Morgan fingerprint density at radius 3 is 2.41 bits per heavy atom. The monoisotopic (exact) mass is 240 g/mol. The maximum absolute atomic E-state index is 3.61. The molecule has 1 rings (SSSR count). The maximum Gasteiger partial charge on any atom is 0.0195 e. The van der Waals surface area contributed by atoms with Gasteiger partial charge in [0, 0.05) is 25.2 Å². The van der Waals surface area contributed by atoms with Gasteiger partial charge < -0.3 is 5.32 Å². The van der Waals surface area contributed by atoms with Crippen molar-refractivity contribution in [3.05, 3.63) is 0 Å². The molecule has 0 aromatic carbocycles. The highest BCUT2D eigenvalue weighted by molar-refractivity contribution is 4.88. The molecule has 1 fully saturated rings. The third-order valence-electron chi connectivity index (χ3n) is 3.55. The Hall–Kier alpha value is -0.0800. The number of rotatable bonds is 10. The second-order valence-electron chi connectivity index (χ2n) is 6.08. The summed E-state index contributed by atoms with van der Waals surface area (Å²) in [7, 11) is 0. The smallest absolute Gasteiger partial charge is 0.0195 e. The molecule has 0 heterocycles. The number of unbranched alkanes of at least 4 members (excludes halogenated alkanes) is 2. The molecule has 0 aliphatic heterocycles. The van der Waals surface area contributed by atoms with Gasteiger partial charge in [-0.3, -0.25) is 4.90 Å². The number of hydrogen-bond donors (Lipinski definition) is 1. The van der Waals surface area contributed by atoms with E-state index in [0.29, 0.717) is 6.04 Å². The first-order valence-electron chi connectivity index (χ1n) is 7.61. The average molecular weight is 240 g/mol. The van der Waals surface area contributed by atoms with E-state index in [1.165, 1.54) is 45.2 Å². The summed E-state index contributed by atoms with van der Waals surface area (Å²) in [6.45, 7) is 12.9. The second-order valence-corrected chi connectivity index (χ2v) is 6.08. The molecule has 1 unspecified atom stereocenters. The Kier molecular flexibility index (Phi) is 7.14. The molecule has 1 aliphatic rings. The topological polar surface area (TPSA) is 15.3 Å². The fourth-order valence-electron chi connectivity index (χ4n) is 2.44. The number of hydrogen-bond acceptors (Lipinski definition) is 2. The van der Waals surface area contributed by atoms with Crippen LogP contribution in [0.4, 0.5) is 0 Å². The SMILES string of the molecule is CCCCCNCC(C)N(CC(C)C)C1CC1. The van der Waals surface area contributed by atoms with Gasteiger partial charge in [-0.25, -0.2) is 0 Å². The van der Waals surface area contributed by atoms with Gasteiger partial charge >= 0.3 is 0 Å². The molecule has 2 heteroatoms. The zero-order valence-corrected chi connectivity index (χ0v) is 12.3. The molecular formula is C15H32N2. The summed E-state index contributed by atoms with van der Waals surface area (Å²) in [6.07, 6.45) is 6.86. The van der Waals surface area contributed by atoms with Crippen molar-refractivity contribution in [2.75, 3.05) is 19.6 Å². The molecule has 1 saturated carbocycles. The first-order chi connectivity index (χ1) is 8.15. The van der Waals surface area contributed by atoms with Crippen molar-refractivity contribution in [1.29, 1.82) is 0 Å². The van der Waals surface area contributed by atoms with Gasteiger partial charge in [0.15, 0.2) is 0 Å². The highest BCUT2D eigenvalue weighted by atomic mass is 15.2. The fraction of sp³-hybridized carbons (Fsp3) is 1.00. The summed E-state index contributed by atoms with van der Waals surface area (Å²) in [4.78, 5) is 2.72. The minimum atomic E-state index is 0.700. The molecule has 0 amide bonds. The van der Waals surface area contributed by atoms with Gasteiger partial charge in [0.1, 0.15) is 0 Å².